The van der Waals surface area contributed by atoms with Crippen LogP contribution in [0.15, 0.2) is 12.1 Å². The van der Waals surface area contributed by atoms with Gasteiger partial charge in [0.25, 0.3) is 0 Å². The van der Waals surface area contributed by atoms with Crippen LogP contribution in [-0.2, 0) is 11.3 Å². The fourth-order valence-electron chi connectivity index (χ4n) is 1.81. The van der Waals surface area contributed by atoms with Crippen molar-refractivity contribution in [2.24, 2.45) is 0 Å². The lowest BCUT2D eigenvalue weighted by Gasteiger charge is -2.23. The largest absolute Gasteiger partial charge is 0.492 e. The molecule has 120 valence electrons. The second-order valence-corrected chi connectivity index (χ2v) is 6.46. The van der Waals surface area contributed by atoms with Crippen LogP contribution in [0.1, 0.15) is 39.2 Å². The van der Waals surface area contributed by atoms with E-state index in [1.54, 1.807) is 13.2 Å². The van der Waals surface area contributed by atoms with Crippen LogP contribution in [0.2, 0.25) is 10.0 Å². The average Bonchev–Trinajstić information content (AvgIpc) is 2.41. The van der Waals surface area contributed by atoms with Crippen molar-refractivity contribution >= 4 is 23.2 Å². The van der Waals surface area contributed by atoms with Crippen molar-refractivity contribution in [3.05, 3.63) is 27.7 Å². The summed E-state index contributed by atoms with van der Waals surface area (Å²) in [5, 5.41) is 4.51. The molecule has 0 heterocycles. The third kappa shape index (κ3) is 6.43. The molecule has 1 N–H and O–H groups in total. The number of hydrogen-bond donors (Lipinski definition) is 1. The molecule has 0 aliphatic carbocycles. The van der Waals surface area contributed by atoms with Gasteiger partial charge in [-0.15, -0.1) is 0 Å². The third-order valence-electron chi connectivity index (χ3n) is 3.33. The predicted molar refractivity (Wildman–Crippen MR) is 89.7 cm³/mol. The summed E-state index contributed by atoms with van der Waals surface area (Å²) in [5.41, 5.74) is 0.774. The van der Waals surface area contributed by atoms with Crippen LogP contribution in [0.25, 0.3) is 0 Å². The van der Waals surface area contributed by atoms with E-state index in [9.17, 15) is 0 Å². The molecule has 21 heavy (non-hydrogen) atoms. The van der Waals surface area contributed by atoms with Crippen molar-refractivity contribution in [2.75, 3.05) is 20.3 Å². The number of halogens is 2. The Morgan fingerprint density at radius 2 is 1.95 bits per heavy atom. The zero-order valence-electron chi connectivity index (χ0n) is 13.3. The van der Waals surface area contributed by atoms with Crippen molar-refractivity contribution in [1.29, 1.82) is 0 Å². The van der Waals surface area contributed by atoms with Crippen LogP contribution < -0.4 is 10.1 Å². The minimum Gasteiger partial charge on any atom is -0.492 e. The first-order valence-electron chi connectivity index (χ1n) is 7.26. The summed E-state index contributed by atoms with van der Waals surface area (Å²) in [6.45, 7) is 8.37. The van der Waals surface area contributed by atoms with Gasteiger partial charge in [-0.2, -0.15) is 0 Å². The number of hydrogen-bond acceptors (Lipinski definition) is 3. The maximum atomic E-state index is 6.26. The van der Waals surface area contributed by atoms with E-state index in [1.165, 1.54) is 0 Å². The first-order valence-corrected chi connectivity index (χ1v) is 8.02. The molecule has 0 unspecified atom stereocenters. The van der Waals surface area contributed by atoms with Gasteiger partial charge in [-0.25, -0.2) is 0 Å². The molecule has 5 heteroatoms. The summed E-state index contributed by atoms with van der Waals surface area (Å²) in [4.78, 5) is 0. The molecule has 0 aliphatic heterocycles. The SMILES string of the molecule is CCCNCc1cc(Cl)cc(Cl)c1OCCC(C)(C)OC. The van der Waals surface area contributed by atoms with Gasteiger partial charge >= 0.3 is 0 Å². The molecule has 0 aliphatic rings. The minimum absolute atomic E-state index is 0.209. The molecule has 0 aromatic heterocycles. The van der Waals surface area contributed by atoms with Gasteiger partial charge in [0.05, 0.1) is 17.2 Å². The number of methoxy groups -OCH3 is 1. The van der Waals surface area contributed by atoms with E-state index < -0.39 is 0 Å². The highest BCUT2D eigenvalue weighted by atomic mass is 35.5. The zero-order chi connectivity index (χ0) is 15.9. The van der Waals surface area contributed by atoms with Gasteiger partial charge in [-0.3, -0.25) is 0 Å². The normalized spacial score (nSPS) is 11.7. The maximum absolute atomic E-state index is 6.26. The highest BCUT2D eigenvalue weighted by Gasteiger charge is 2.17. The maximum Gasteiger partial charge on any atom is 0.142 e. The Bertz CT molecular complexity index is 450. The summed E-state index contributed by atoms with van der Waals surface area (Å²) < 4.78 is 11.3. The first-order chi connectivity index (χ1) is 9.89. The molecule has 0 amide bonds. The van der Waals surface area contributed by atoms with Crippen molar-refractivity contribution in [1.82, 2.24) is 5.32 Å². The summed E-state index contributed by atoms with van der Waals surface area (Å²) >= 11 is 12.3. The molecule has 0 atom stereocenters. The Hall–Kier alpha value is -0.480. The van der Waals surface area contributed by atoms with Gasteiger partial charge in [0.1, 0.15) is 5.75 Å². The fraction of sp³-hybridized carbons (Fsp3) is 0.625. The van der Waals surface area contributed by atoms with Gasteiger partial charge < -0.3 is 14.8 Å². The highest BCUT2D eigenvalue weighted by molar-refractivity contribution is 6.35. The van der Waals surface area contributed by atoms with E-state index >= 15 is 0 Å². The first kappa shape index (κ1) is 18.6. The summed E-state index contributed by atoms with van der Waals surface area (Å²) in [7, 11) is 1.70. The minimum atomic E-state index is -0.209. The Morgan fingerprint density at radius 1 is 1.24 bits per heavy atom. The van der Waals surface area contributed by atoms with Gasteiger partial charge in [0, 0.05) is 30.7 Å². The third-order valence-corrected chi connectivity index (χ3v) is 3.83. The molecule has 1 aromatic carbocycles. The van der Waals surface area contributed by atoms with E-state index in [4.69, 9.17) is 32.7 Å². The Labute approximate surface area is 137 Å². The van der Waals surface area contributed by atoms with Crippen molar-refractivity contribution in [3.8, 4) is 5.75 Å². The lowest BCUT2D eigenvalue weighted by molar-refractivity contribution is 0.00538. The van der Waals surface area contributed by atoms with E-state index in [0.29, 0.717) is 28.9 Å². The lowest BCUT2D eigenvalue weighted by atomic mass is 10.1. The van der Waals surface area contributed by atoms with Gasteiger partial charge in [0.15, 0.2) is 0 Å². The van der Waals surface area contributed by atoms with Crippen LogP contribution in [0.3, 0.4) is 0 Å². The Balaban J connectivity index is 2.74. The van der Waals surface area contributed by atoms with Crippen molar-refractivity contribution in [2.45, 2.75) is 45.8 Å². The molecule has 1 rings (SSSR count). The lowest BCUT2D eigenvalue weighted by Crippen LogP contribution is -2.25. The summed E-state index contributed by atoms with van der Waals surface area (Å²) in [6, 6.07) is 3.61. The second kappa shape index (κ2) is 8.84. The van der Waals surface area contributed by atoms with Crippen LogP contribution in [0, 0.1) is 0 Å². The molecule has 0 saturated carbocycles. The van der Waals surface area contributed by atoms with E-state index in [1.807, 2.05) is 19.9 Å². The highest BCUT2D eigenvalue weighted by Crippen LogP contribution is 2.33. The molecule has 0 saturated heterocycles. The van der Waals surface area contributed by atoms with Crippen LogP contribution >= 0.6 is 23.2 Å². The fourth-order valence-corrected chi connectivity index (χ4v) is 2.40. The Kier molecular flexibility index (Phi) is 7.82. The number of benzene rings is 1. The van der Waals surface area contributed by atoms with Crippen LogP contribution in [-0.4, -0.2) is 25.9 Å². The summed E-state index contributed by atoms with van der Waals surface area (Å²) in [5.74, 6) is 0.705. The molecule has 1 aromatic rings. The second-order valence-electron chi connectivity index (χ2n) is 5.61. The van der Waals surface area contributed by atoms with Gasteiger partial charge in [-0.1, -0.05) is 30.1 Å². The van der Waals surface area contributed by atoms with Crippen molar-refractivity contribution < 1.29 is 9.47 Å². The molecule has 0 spiro atoms. The molecule has 0 bridgehead atoms. The molecular weight excluding hydrogens is 309 g/mol. The van der Waals surface area contributed by atoms with Crippen LogP contribution in [0.4, 0.5) is 0 Å². The smallest absolute Gasteiger partial charge is 0.142 e. The summed E-state index contributed by atoms with van der Waals surface area (Å²) in [6.07, 6.45) is 1.86. The molecule has 3 nitrogen and oxygen atoms in total. The van der Waals surface area contributed by atoms with Gasteiger partial charge in [0.2, 0.25) is 0 Å². The van der Waals surface area contributed by atoms with E-state index in [-0.39, 0.29) is 5.60 Å². The molecule has 0 fully saturated rings. The number of nitrogens with one attached hydrogen (secondary N) is 1. The molecule has 0 radical (unpaired) electrons. The monoisotopic (exact) mass is 333 g/mol. The van der Waals surface area contributed by atoms with Crippen molar-refractivity contribution in [3.63, 3.8) is 0 Å². The number of rotatable bonds is 9. The predicted octanol–water partition coefficient (Wildman–Crippen LogP) is 4.69. The quantitative estimate of drug-likeness (QED) is 0.665. The average molecular weight is 334 g/mol. The van der Waals surface area contributed by atoms with Crippen LogP contribution in [0.5, 0.6) is 5.75 Å². The topological polar surface area (TPSA) is 30.5 Å². The standard InChI is InChI=1S/C16H25Cl2NO2/c1-5-7-19-11-12-9-13(17)10-14(18)15(12)21-8-6-16(2,3)20-4/h9-10,19H,5-8,11H2,1-4H3. The Morgan fingerprint density at radius 3 is 2.57 bits per heavy atom. The van der Waals surface area contributed by atoms with E-state index in [0.717, 1.165) is 24.9 Å². The number of ether oxygens (including phenoxy) is 2. The van der Waals surface area contributed by atoms with E-state index in [2.05, 4.69) is 12.2 Å². The zero-order valence-corrected chi connectivity index (χ0v) is 14.8. The van der Waals surface area contributed by atoms with Gasteiger partial charge in [-0.05, 0) is 38.9 Å². The molecular formula is C16H25Cl2NO2.